The number of carbonyl (C=O) groups is 2. The second kappa shape index (κ2) is 47.1. The Kier molecular flexibility index (Phi) is 45.3. The molecule has 2 N–H and O–H groups in total. The van der Waals surface area contributed by atoms with E-state index in [1.54, 1.807) is 0 Å². The number of quaternary nitrogens is 1. The van der Waals surface area contributed by atoms with Gasteiger partial charge in [0.15, 0.2) is 0 Å². The molecule has 0 aliphatic rings. The Morgan fingerprint density at radius 1 is 0.537 bits per heavy atom. The van der Waals surface area contributed by atoms with E-state index in [4.69, 9.17) is 13.8 Å². The summed E-state index contributed by atoms with van der Waals surface area (Å²) in [6, 6.07) is -0.860. The van der Waals surface area contributed by atoms with Crippen LogP contribution >= 0.6 is 7.82 Å². The Bertz CT molecular complexity index is 1380. The van der Waals surface area contributed by atoms with Crippen LogP contribution in [0.25, 0.3) is 0 Å². The van der Waals surface area contributed by atoms with Gasteiger partial charge in [-0.25, -0.2) is 4.57 Å². The highest BCUT2D eigenvalue weighted by Gasteiger charge is 2.30. The summed E-state index contributed by atoms with van der Waals surface area (Å²) < 4.78 is 30.5. The maximum atomic E-state index is 13.5. The maximum Gasteiger partial charge on any atom is 0.472 e. The van der Waals surface area contributed by atoms with Gasteiger partial charge in [-0.05, 0) is 76.7 Å². The molecule has 3 unspecified atom stereocenters. The summed E-state index contributed by atoms with van der Waals surface area (Å²) in [7, 11) is 1.47. The van der Waals surface area contributed by atoms with E-state index in [2.05, 4.69) is 86.8 Å². The number of allylic oxidation sites excluding steroid dienone is 11. The van der Waals surface area contributed by atoms with Crippen molar-refractivity contribution in [3.8, 4) is 0 Å². The van der Waals surface area contributed by atoms with Gasteiger partial charge in [-0.1, -0.05) is 210 Å². The average Bonchev–Trinajstić information content (AvgIpc) is 3.28. The molecule has 3 atom stereocenters. The third kappa shape index (κ3) is 48.3. The fraction of sp³-hybridized carbons (Fsp3) is 0.754. The highest BCUT2D eigenvalue weighted by atomic mass is 31.2. The van der Waals surface area contributed by atoms with E-state index < -0.39 is 20.0 Å². The Labute approximate surface area is 413 Å². The molecular weight excluding hydrogens is 856 g/mol. The Morgan fingerprint density at radius 3 is 1.46 bits per heavy atom. The molecule has 0 bridgehead atoms. The van der Waals surface area contributed by atoms with Gasteiger partial charge in [0.25, 0.3) is 0 Å². The standard InChI is InChI=1S/C57H103N2O7P/c1-7-10-13-16-19-22-25-27-29-31-34-37-40-43-46-49-56(60)58-54(53-65-67(62,63)64-52-51-59(4,5)6)55(48-45-42-39-36-33-24-21-18-15-12-9-3)66-57(61)50-47-44-41-38-35-32-30-28-26-23-20-17-14-11-8-2/h11,14,17,19-20,22-23,25-27,45,48,54-55H,7-10,12-13,15-16,18,21,24,28-44,46-47,49-53H2,1-6H3,(H-,58,60,62,63)/p+1/b14-11+,20-17+,22-19+,26-23+,27-25+,48-45+. The Hall–Kier alpha value is -2.55. The molecule has 0 aromatic carbocycles. The van der Waals surface area contributed by atoms with E-state index in [0.717, 1.165) is 103 Å². The van der Waals surface area contributed by atoms with Crippen LogP contribution in [0.15, 0.2) is 72.9 Å². The lowest BCUT2D eigenvalue weighted by Gasteiger charge is -2.27. The second-order valence-electron chi connectivity index (χ2n) is 19.5. The van der Waals surface area contributed by atoms with Crippen molar-refractivity contribution < 1.29 is 37.3 Å². The van der Waals surface area contributed by atoms with E-state index in [-0.39, 0.29) is 31.5 Å². The Balaban J connectivity index is 5.41. The molecule has 0 aromatic heterocycles. The van der Waals surface area contributed by atoms with Crippen molar-refractivity contribution in [3.05, 3.63) is 72.9 Å². The number of likely N-dealkylation sites (N-methyl/N-ethyl adjacent to an activating group) is 1. The third-order valence-electron chi connectivity index (χ3n) is 11.7. The molecule has 9 nitrogen and oxygen atoms in total. The number of carbonyl (C=O) groups excluding carboxylic acids is 2. The molecule has 67 heavy (non-hydrogen) atoms. The fourth-order valence-electron chi connectivity index (χ4n) is 7.46. The summed E-state index contributed by atoms with van der Waals surface area (Å²) in [5.41, 5.74) is 0. The minimum atomic E-state index is -4.45. The van der Waals surface area contributed by atoms with Gasteiger partial charge in [0.1, 0.15) is 19.3 Å². The van der Waals surface area contributed by atoms with Gasteiger partial charge in [-0.15, -0.1) is 0 Å². The monoisotopic (exact) mass is 960 g/mol. The molecule has 1 amide bonds. The first-order chi connectivity index (χ1) is 32.4. The molecule has 0 rings (SSSR count). The van der Waals surface area contributed by atoms with Gasteiger partial charge in [-0.2, -0.15) is 0 Å². The summed E-state index contributed by atoms with van der Waals surface area (Å²) >= 11 is 0. The van der Waals surface area contributed by atoms with Crippen molar-refractivity contribution in [2.24, 2.45) is 0 Å². The Morgan fingerprint density at radius 2 is 0.955 bits per heavy atom. The predicted octanol–water partition coefficient (Wildman–Crippen LogP) is 16.1. The number of hydrogen-bond acceptors (Lipinski definition) is 6. The summed E-state index contributed by atoms with van der Waals surface area (Å²) in [5.74, 6) is -0.537. The van der Waals surface area contributed by atoms with Gasteiger partial charge < -0.3 is 19.4 Å². The largest absolute Gasteiger partial charge is 0.472 e. The first-order valence-electron chi connectivity index (χ1n) is 27.3. The molecular formula is C57H104N2O7P+. The molecule has 388 valence electrons. The lowest BCUT2D eigenvalue weighted by molar-refractivity contribution is -0.870. The topological polar surface area (TPSA) is 111 Å². The van der Waals surface area contributed by atoms with Crippen LogP contribution in [0.5, 0.6) is 0 Å². The van der Waals surface area contributed by atoms with Crippen LogP contribution < -0.4 is 5.32 Å². The minimum Gasteiger partial charge on any atom is -0.456 e. The second-order valence-corrected chi connectivity index (χ2v) is 20.9. The number of phosphoric acid groups is 1. The molecule has 0 heterocycles. The minimum absolute atomic E-state index is 0.0329. The number of ether oxygens (including phenoxy) is 1. The van der Waals surface area contributed by atoms with Crippen molar-refractivity contribution in [3.63, 3.8) is 0 Å². The van der Waals surface area contributed by atoms with Crippen LogP contribution in [0.2, 0.25) is 0 Å². The lowest BCUT2D eigenvalue weighted by atomic mass is 10.1. The molecule has 0 saturated heterocycles. The van der Waals surface area contributed by atoms with E-state index >= 15 is 0 Å². The number of nitrogens with zero attached hydrogens (tertiary/aromatic N) is 1. The predicted molar refractivity (Wildman–Crippen MR) is 286 cm³/mol. The molecule has 0 fully saturated rings. The van der Waals surface area contributed by atoms with Crippen LogP contribution in [-0.2, 0) is 27.9 Å². The molecule has 0 saturated carbocycles. The van der Waals surface area contributed by atoms with E-state index in [1.165, 1.54) is 89.9 Å². The summed E-state index contributed by atoms with van der Waals surface area (Å²) in [5, 5.41) is 3.03. The molecule has 0 spiro atoms. The fourth-order valence-corrected chi connectivity index (χ4v) is 8.19. The number of hydrogen-bond donors (Lipinski definition) is 2. The zero-order chi connectivity index (χ0) is 49.4. The normalized spacial score (nSPS) is 14.4. The smallest absolute Gasteiger partial charge is 0.456 e. The number of esters is 1. The van der Waals surface area contributed by atoms with E-state index in [9.17, 15) is 19.0 Å². The van der Waals surface area contributed by atoms with Gasteiger partial charge in [-0.3, -0.25) is 18.6 Å². The van der Waals surface area contributed by atoms with E-state index in [0.29, 0.717) is 17.4 Å². The van der Waals surface area contributed by atoms with Crippen LogP contribution in [0.1, 0.15) is 226 Å². The van der Waals surface area contributed by atoms with Crippen LogP contribution in [0, 0.1) is 0 Å². The summed E-state index contributed by atoms with van der Waals surface area (Å²) in [4.78, 5) is 37.5. The highest BCUT2D eigenvalue weighted by molar-refractivity contribution is 7.47. The molecule has 0 aromatic rings. The SMILES string of the molecule is CC/C=C/C=C/C=C/CCCCCCCCCC(=O)OC(/C=C/CCCCCCCCCCC)C(COP(=O)(O)OCC[N+](C)(C)C)NC(=O)CCCCCCCC/C=C/C=C/CCCCC. The van der Waals surface area contributed by atoms with Crippen LogP contribution in [-0.4, -0.2) is 74.3 Å². The highest BCUT2D eigenvalue weighted by Crippen LogP contribution is 2.43. The maximum absolute atomic E-state index is 13.5. The molecule has 10 heteroatoms. The first-order valence-corrected chi connectivity index (χ1v) is 28.8. The van der Waals surface area contributed by atoms with Crippen LogP contribution in [0.4, 0.5) is 0 Å². The van der Waals surface area contributed by atoms with E-state index in [1.807, 2.05) is 33.3 Å². The van der Waals surface area contributed by atoms with Gasteiger partial charge >= 0.3 is 13.8 Å². The summed E-state index contributed by atoms with van der Waals surface area (Å²) in [6.07, 6.45) is 58.9. The zero-order valence-electron chi connectivity index (χ0n) is 44.1. The van der Waals surface area contributed by atoms with Crippen LogP contribution in [0.3, 0.4) is 0 Å². The molecule has 0 radical (unpaired) electrons. The zero-order valence-corrected chi connectivity index (χ0v) is 45.0. The number of phosphoric ester groups is 1. The molecule has 0 aliphatic heterocycles. The van der Waals surface area contributed by atoms with Crippen molar-refractivity contribution in [2.75, 3.05) is 40.9 Å². The first kappa shape index (κ1) is 64.5. The number of unbranched alkanes of at least 4 members (excludes halogenated alkanes) is 25. The van der Waals surface area contributed by atoms with Gasteiger partial charge in [0.05, 0.1) is 33.8 Å². The quantitative estimate of drug-likeness (QED) is 0.0156. The van der Waals surface area contributed by atoms with Gasteiger partial charge in [0, 0.05) is 12.8 Å². The van der Waals surface area contributed by atoms with Crippen molar-refractivity contribution in [1.29, 1.82) is 0 Å². The number of nitrogens with one attached hydrogen (secondary N) is 1. The van der Waals surface area contributed by atoms with Gasteiger partial charge in [0.2, 0.25) is 5.91 Å². The number of amides is 1. The van der Waals surface area contributed by atoms with Crippen molar-refractivity contribution in [2.45, 2.75) is 238 Å². The third-order valence-corrected chi connectivity index (χ3v) is 12.7. The lowest BCUT2D eigenvalue weighted by Crippen LogP contribution is -2.47. The summed E-state index contributed by atoms with van der Waals surface area (Å²) in [6.45, 7) is 6.81. The van der Waals surface area contributed by atoms with Crippen molar-refractivity contribution >= 4 is 19.7 Å². The average molecular weight is 960 g/mol. The number of rotatable bonds is 48. The molecule has 0 aliphatic carbocycles. The van der Waals surface area contributed by atoms with Crippen molar-refractivity contribution in [1.82, 2.24) is 5.32 Å².